The smallest absolute Gasteiger partial charge is 0.00684 e. The topological polar surface area (TPSA) is 15.3 Å². The first-order chi connectivity index (χ1) is 7.13. The molecule has 0 bridgehead atoms. The van der Waals surface area contributed by atoms with Crippen molar-refractivity contribution >= 4 is 0 Å². The van der Waals surface area contributed by atoms with E-state index < -0.39 is 0 Å². The van der Waals surface area contributed by atoms with Gasteiger partial charge in [0.05, 0.1) is 0 Å². The molecule has 0 saturated heterocycles. The van der Waals surface area contributed by atoms with E-state index in [1.165, 1.54) is 45.4 Å². The van der Waals surface area contributed by atoms with E-state index in [2.05, 4.69) is 37.9 Å². The van der Waals surface area contributed by atoms with Crippen molar-refractivity contribution in [3.05, 3.63) is 0 Å². The summed E-state index contributed by atoms with van der Waals surface area (Å²) < 4.78 is 0. The number of hydrogen-bond donors (Lipinski definition) is 1. The highest BCUT2D eigenvalue weighted by molar-refractivity contribution is 4.86. The molecule has 15 heavy (non-hydrogen) atoms. The van der Waals surface area contributed by atoms with E-state index >= 15 is 0 Å². The van der Waals surface area contributed by atoms with Crippen LogP contribution < -0.4 is 5.32 Å². The first-order valence-corrected chi connectivity index (χ1v) is 6.59. The zero-order valence-electron chi connectivity index (χ0n) is 11.0. The molecule has 2 heteroatoms. The Labute approximate surface area is 95.4 Å². The van der Waals surface area contributed by atoms with Gasteiger partial charge in [-0.3, -0.25) is 0 Å². The number of rotatable bonds is 8. The maximum absolute atomic E-state index is 3.67. The summed E-state index contributed by atoms with van der Waals surface area (Å²) in [6, 6.07) is 0.840. The van der Waals surface area contributed by atoms with Crippen LogP contribution in [0.5, 0.6) is 0 Å². The number of nitrogens with zero attached hydrogens (tertiary/aromatic N) is 1. The van der Waals surface area contributed by atoms with Gasteiger partial charge in [-0.15, -0.1) is 0 Å². The minimum atomic E-state index is 0.453. The lowest BCUT2D eigenvalue weighted by Gasteiger charge is -2.34. The molecule has 0 aromatic rings. The predicted molar refractivity (Wildman–Crippen MR) is 67.2 cm³/mol. The van der Waals surface area contributed by atoms with Gasteiger partial charge in [0.1, 0.15) is 0 Å². The van der Waals surface area contributed by atoms with Crippen LogP contribution >= 0.6 is 0 Å². The molecule has 1 rings (SSSR count). The van der Waals surface area contributed by atoms with Crippen molar-refractivity contribution in [3.63, 3.8) is 0 Å². The molecule has 1 unspecified atom stereocenters. The molecule has 1 aliphatic rings. The Balaban J connectivity index is 2.34. The summed E-state index contributed by atoms with van der Waals surface area (Å²) in [5.74, 6) is 0. The average Bonchev–Trinajstić information content (AvgIpc) is 3.07. The van der Waals surface area contributed by atoms with Crippen LogP contribution in [-0.2, 0) is 0 Å². The Kier molecular flexibility index (Phi) is 5.07. The quantitative estimate of drug-likeness (QED) is 0.665. The SMILES string of the molecule is CCN(CC)CC(C)(CC)CNC1CC1. The predicted octanol–water partition coefficient (Wildman–Crippen LogP) is 2.50. The molecule has 0 amide bonds. The van der Waals surface area contributed by atoms with E-state index in [0.29, 0.717) is 5.41 Å². The maximum Gasteiger partial charge on any atom is 0.00684 e. The summed E-state index contributed by atoms with van der Waals surface area (Å²) in [4.78, 5) is 2.54. The first kappa shape index (κ1) is 13.0. The van der Waals surface area contributed by atoms with Crippen LogP contribution in [0.1, 0.15) is 47.0 Å². The third-order valence-corrected chi connectivity index (χ3v) is 3.75. The summed E-state index contributed by atoms with van der Waals surface area (Å²) >= 11 is 0. The van der Waals surface area contributed by atoms with Crippen LogP contribution in [0.25, 0.3) is 0 Å². The van der Waals surface area contributed by atoms with E-state index in [0.717, 1.165) is 6.04 Å². The van der Waals surface area contributed by atoms with E-state index in [1.807, 2.05) is 0 Å². The minimum absolute atomic E-state index is 0.453. The molecule has 1 atom stereocenters. The lowest BCUT2D eigenvalue weighted by Crippen LogP contribution is -2.42. The van der Waals surface area contributed by atoms with Crippen LogP contribution in [0, 0.1) is 5.41 Å². The largest absolute Gasteiger partial charge is 0.313 e. The Morgan fingerprint density at radius 1 is 1.20 bits per heavy atom. The maximum atomic E-state index is 3.67. The molecule has 1 saturated carbocycles. The van der Waals surface area contributed by atoms with Crippen LogP contribution in [0.4, 0.5) is 0 Å². The standard InChI is InChI=1S/C13H28N2/c1-5-13(4,10-14-12-8-9-12)11-15(6-2)7-3/h12,14H,5-11H2,1-4H3. The molecular formula is C13H28N2. The molecular weight excluding hydrogens is 184 g/mol. The summed E-state index contributed by atoms with van der Waals surface area (Å²) in [5, 5.41) is 3.67. The molecule has 0 spiro atoms. The molecule has 2 nitrogen and oxygen atoms in total. The fraction of sp³-hybridized carbons (Fsp3) is 1.00. The summed E-state index contributed by atoms with van der Waals surface area (Å²) in [6.07, 6.45) is 4.05. The van der Waals surface area contributed by atoms with Gasteiger partial charge >= 0.3 is 0 Å². The third kappa shape index (κ3) is 4.52. The molecule has 1 fully saturated rings. The van der Waals surface area contributed by atoms with Crippen molar-refractivity contribution in [3.8, 4) is 0 Å². The van der Waals surface area contributed by atoms with Crippen LogP contribution in [-0.4, -0.2) is 37.1 Å². The van der Waals surface area contributed by atoms with Crippen molar-refractivity contribution in [2.24, 2.45) is 5.41 Å². The van der Waals surface area contributed by atoms with Crippen molar-refractivity contribution < 1.29 is 0 Å². The Morgan fingerprint density at radius 3 is 2.20 bits per heavy atom. The van der Waals surface area contributed by atoms with Crippen molar-refractivity contribution in [2.75, 3.05) is 26.2 Å². The van der Waals surface area contributed by atoms with Gasteiger partial charge in [0, 0.05) is 19.1 Å². The fourth-order valence-electron chi connectivity index (χ4n) is 1.96. The Bertz CT molecular complexity index is 173. The third-order valence-electron chi connectivity index (χ3n) is 3.75. The summed E-state index contributed by atoms with van der Waals surface area (Å²) in [7, 11) is 0. The van der Waals surface area contributed by atoms with Gasteiger partial charge < -0.3 is 10.2 Å². The van der Waals surface area contributed by atoms with Gasteiger partial charge in [0.2, 0.25) is 0 Å². The van der Waals surface area contributed by atoms with Crippen LogP contribution in [0.15, 0.2) is 0 Å². The van der Waals surface area contributed by atoms with E-state index in [4.69, 9.17) is 0 Å². The first-order valence-electron chi connectivity index (χ1n) is 6.59. The van der Waals surface area contributed by atoms with Crippen molar-refractivity contribution in [1.82, 2.24) is 10.2 Å². The van der Waals surface area contributed by atoms with Crippen LogP contribution in [0.3, 0.4) is 0 Å². The van der Waals surface area contributed by atoms with Gasteiger partial charge in [0.15, 0.2) is 0 Å². The van der Waals surface area contributed by atoms with Gasteiger partial charge in [0.25, 0.3) is 0 Å². The second-order valence-corrected chi connectivity index (χ2v) is 5.28. The zero-order valence-corrected chi connectivity index (χ0v) is 11.0. The highest BCUT2D eigenvalue weighted by atomic mass is 15.1. The molecule has 0 radical (unpaired) electrons. The summed E-state index contributed by atoms with van der Waals surface area (Å²) in [5.41, 5.74) is 0.453. The minimum Gasteiger partial charge on any atom is -0.313 e. The molecule has 0 aromatic heterocycles. The van der Waals surface area contributed by atoms with E-state index in [-0.39, 0.29) is 0 Å². The number of hydrogen-bond acceptors (Lipinski definition) is 2. The lowest BCUT2D eigenvalue weighted by molar-refractivity contribution is 0.166. The summed E-state index contributed by atoms with van der Waals surface area (Å²) in [6.45, 7) is 14.0. The molecule has 0 heterocycles. The average molecular weight is 212 g/mol. The second-order valence-electron chi connectivity index (χ2n) is 5.28. The molecule has 1 aliphatic carbocycles. The normalized spacial score (nSPS) is 20.6. The highest BCUT2D eigenvalue weighted by Gasteiger charge is 2.28. The highest BCUT2D eigenvalue weighted by Crippen LogP contribution is 2.25. The number of nitrogens with one attached hydrogen (secondary N) is 1. The van der Waals surface area contributed by atoms with Gasteiger partial charge in [-0.25, -0.2) is 0 Å². The zero-order chi connectivity index (χ0) is 11.3. The molecule has 0 aromatic carbocycles. The molecule has 1 N–H and O–H groups in total. The Morgan fingerprint density at radius 2 is 1.80 bits per heavy atom. The van der Waals surface area contributed by atoms with Crippen molar-refractivity contribution in [1.29, 1.82) is 0 Å². The lowest BCUT2D eigenvalue weighted by atomic mass is 9.86. The van der Waals surface area contributed by atoms with Gasteiger partial charge in [-0.1, -0.05) is 27.7 Å². The van der Waals surface area contributed by atoms with Gasteiger partial charge in [-0.2, -0.15) is 0 Å². The van der Waals surface area contributed by atoms with Crippen LogP contribution in [0.2, 0.25) is 0 Å². The molecule has 0 aliphatic heterocycles. The molecule has 90 valence electrons. The monoisotopic (exact) mass is 212 g/mol. The van der Waals surface area contributed by atoms with E-state index in [1.54, 1.807) is 0 Å². The van der Waals surface area contributed by atoms with Gasteiger partial charge in [-0.05, 0) is 37.8 Å². The fourth-order valence-corrected chi connectivity index (χ4v) is 1.96. The second kappa shape index (κ2) is 5.86. The van der Waals surface area contributed by atoms with E-state index in [9.17, 15) is 0 Å². The van der Waals surface area contributed by atoms with Crippen molar-refractivity contribution in [2.45, 2.75) is 53.0 Å². The Hall–Kier alpha value is -0.0800.